The Labute approximate surface area is 125 Å². The van der Waals surface area contributed by atoms with Crippen LogP contribution in [0.4, 0.5) is 0 Å². The summed E-state index contributed by atoms with van der Waals surface area (Å²) in [5, 5.41) is 44.2. The highest BCUT2D eigenvalue weighted by molar-refractivity contribution is 5.73. The van der Waals surface area contributed by atoms with Gasteiger partial charge in [-0.05, 0) is 0 Å². The SMILES string of the molecule is O=C(O)CN(CC(=O)O)CC(CO)N(CC(=O)O)CC(=O)O. The molecule has 0 aliphatic carbocycles. The van der Waals surface area contributed by atoms with Gasteiger partial charge in [-0.2, -0.15) is 0 Å². The Morgan fingerprint density at radius 2 is 1.09 bits per heavy atom. The molecule has 0 aliphatic rings. The average molecular weight is 322 g/mol. The fourth-order valence-electron chi connectivity index (χ4n) is 1.82. The van der Waals surface area contributed by atoms with Crippen LogP contribution >= 0.6 is 0 Å². The minimum Gasteiger partial charge on any atom is -0.480 e. The molecular formula is C11H18N2O9. The van der Waals surface area contributed by atoms with Gasteiger partial charge in [0.05, 0.1) is 32.8 Å². The van der Waals surface area contributed by atoms with E-state index in [1.54, 1.807) is 0 Å². The van der Waals surface area contributed by atoms with Gasteiger partial charge in [-0.1, -0.05) is 0 Å². The van der Waals surface area contributed by atoms with E-state index in [4.69, 9.17) is 20.4 Å². The molecule has 0 fully saturated rings. The standard InChI is InChI=1S/C11H18N2O9/c14-6-7(13(4-10(19)20)5-11(21)22)1-12(2-8(15)16)3-9(17)18/h7,14H,1-6H2,(H,15,16)(H,17,18)(H,19,20)(H,21,22). The molecule has 0 aromatic rings. The number of carboxylic acids is 4. The molecule has 0 saturated carbocycles. The summed E-state index contributed by atoms with van der Waals surface area (Å²) >= 11 is 0. The summed E-state index contributed by atoms with van der Waals surface area (Å²) in [6, 6.07) is -1.04. The lowest BCUT2D eigenvalue weighted by molar-refractivity contribution is -0.147. The van der Waals surface area contributed by atoms with E-state index in [1.807, 2.05) is 0 Å². The van der Waals surface area contributed by atoms with Crippen LogP contribution in [-0.4, -0.2) is 105 Å². The molecule has 0 spiro atoms. The minimum absolute atomic E-state index is 0.310. The van der Waals surface area contributed by atoms with Gasteiger partial charge in [0.15, 0.2) is 0 Å². The summed E-state index contributed by atoms with van der Waals surface area (Å²) in [5.74, 6) is -5.27. The van der Waals surface area contributed by atoms with Crippen LogP contribution in [-0.2, 0) is 19.2 Å². The maximum atomic E-state index is 10.7. The van der Waals surface area contributed by atoms with Gasteiger partial charge in [0.25, 0.3) is 0 Å². The molecule has 0 aromatic heterocycles. The van der Waals surface area contributed by atoms with Gasteiger partial charge in [-0.3, -0.25) is 29.0 Å². The van der Waals surface area contributed by atoms with Crippen molar-refractivity contribution >= 4 is 23.9 Å². The van der Waals surface area contributed by atoms with E-state index in [0.29, 0.717) is 0 Å². The van der Waals surface area contributed by atoms with Crippen molar-refractivity contribution in [2.45, 2.75) is 6.04 Å². The molecule has 11 heteroatoms. The van der Waals surface area contributed by atoms with Gasteiger partial charge in [-0.15, -0.1) is 0 Å². The van der Waals surface area contributed by atoms with Crippen LogP contribution in [0.5, 0.6) is 0 Å². The Morgan fingerprint density at radius 3 is 1.36 bits per heavy atom. The third-order valence-electron chi connectivity index (χ3n) is 2.59. The predicted octanol–water partition coefficient (Wildman–Crippen LogP) is -2.71. The zero-order chi connectivity index (χ0) is 17.3. The molecule has 0 radical (unpaired) electrons. The van der Waals surface area contributed by atoms with Crippen LogP contribution in [0.2, 0.25) is 0 Å². The molecule has 0 aliphatic heterocycles. The second kappa shape index (κ2) is 9.65. The number of carboxylic acid groups (broad SMARTS) is 4. The van der Waals surface area contributed by atoms with Crippen LogP contribution in [0.3, 0.4) is 0 Å². The first-order chi connectivity index (χ1) is 10.1. The summed E-state index contributed by atoms with van der Waals surface area (Å²) in [7, 11) is 0. The number of carbonyl (C=O) groups is 4. The van der Waals surface area contributed by atoms with Gasteiger partial charge in [0, 0.05) is 12.6 Å². The van der Waals surface area contributed by atoms with E-state index in [-0.39, 0.29) is 6.54 Å². The zero-order valence-corrected chi connectivity index (χ0v) is 11.6. The molecule has 126 valence electrons. The topological polar surface area (TPSA) is 176 Å². The van der Waals surface area contributed by atoms with Gasteiger partial charge in [0.1, 0.15) is 0 Å². The van der Waals surface area contributed by atoms with E-state index in [0.717, 1.165) is 9.80 Å². The Hall–Kier alpha value is -2.24. The molecule has 0 heterocycles. The van der Waals surface area contributed by atoms with Crippen LogP contribution in [0.1, 0.15) is 0 Å². The predicted molar refractivity (Wildman–Crippen MR) is 69.4 cm³/mol. The highest BCUT2D eigenvalue weighted by Crippen LogP contribution is 2.03. The maximum absolute atomic E-state index is 10.7. The molecule has 1 atom stereocenters. The van der Waals surface area contributed by atoms with Crippen molar-refractivity contribution in [3.8, 4) is 0 Å². The minimum atomic E-state index is -1.33. The smallest absolute Gasteiger partial charge is 0.317 e. The number of aliphatic hydroxyl groups is 1. The zero-order valence-electron chi connectivity index (χ0n) is 11.6. The highest BCUT2D eigenvalue weighted by atomic mass is 16.4. The lowest BCUT2D eigenvalue weighted by Gasteiger charge is -2.31. The van der Waals surface area contributed by atoms with Crippen molar-refractivity contribution in [1.29, 1.82) is 0 Å². The number of aliphatic hydroxyl groups excluding tert-OH is 1. The fourth-order valence-corrected chi connectivity index (χ4v) is 1.82. The quantitative estimate of drug-likeness (QED) is 0.252. The molecule has 0 amide bonds. The van der Waals surface area contributed by atoms with Gasteiger partial charge in [-0.25, -0.2) is 0 Å². The molecule has 11 nitrogen and oxygen atoms in total. The van der Waals surface area contributed by atoms with E-state index in [9.17, 15) is 24.3 Å². The van der Waals surface area contributed by atoms with Gasteiger partial charge in [0.2, 0.25) is 0 Å². The maximum Gasteiger partial charge on any atom is 0.317 e. The van der Waals surface area contributed by atoms with E-state index >= 15 is 0 Å². The average Bonchev–Trinajstić information content (AvgIpc) is 2.32. The van der Waals surface area contributed by atoms with Crippen molar-refractivity contribution in [2.24, 2.45) is 0 Å². The Balaban J connectivity index is 5.03. The summed E-state index contributed by atoms with van der Waals surface area (Å²) in [6.45, 7) is -3.63. The largest absolute Gasteiger partial charge is 0.480 e. The second-order valence-electron chi connectivity index (χ2n) is 4.49. The first-order valence-electron chi connectivity index (χ1n) is 6.10. The van der Waals surface area contributed by atoms with Crippen LogP contribution in [0, 0.1) is 0 Å². The first kappa shape index (κ1) is 19.8. The van der Waals surface area contributed by atoms with Crippen molar-refractivity contribution < 1.29 is 44.7 Å². The fraction of sp³-hybridized carbons (Fsp3) is 0.636. The van der Waals surface area contributed by atoms with Crippen molar-refractivity contribution in [3.05, 3.63) is 0 Å². The Morgan fingerprint density at radius 1 is 0.727 bits per heavy atom. The molecule has 0 rings (SSSR count). The highest BCUT2D eigenvalue weighted by Gasteiger charge is 2.26. The number of hydrogen-bond donors (Lipinski definition) is 5. The summed E-state index contributed by atoms with van der Waals surface area (Å²) < 4.78 is 0. The monoisotopic (exact) mass is 322 g/mol. The number of rotatable bonds is 12. The lowest BCUT2D eigenvalue weighted by atomic mass is 10.2. The second-order valence-corrected chi connectivity index (χ2v) is 4.49. The lowest BCUT2D eigenvalue weighted by Crippen LogP contribution is -2.51. The molecule has 0 aromatic carbocycles. The molecule has 0 bridgehead atoms. The van der Waals surface area contributed by atoms with Crippen molar-refractivity contribution in [3.63, 3.8) is 0 Å². The molecule has 5 N–H and O–H groups in total. The molecule has 22 heavy (non-hydrogen) atoms. The third-order valence-corrected chi connectivity index (χ3v) is 2.59. The van der Waals surface area contributed by atoms with Crippen LogP contribution < -0.4 is 0 Å². The van der Waals surface area contributed by atoms with E-state index in [1.165, 1.54) is 0 Å². The van der Waals surface area contributed by atoms with Gasteiger partial charge < -0.3 is 25.5 Å². The third kappa shape index (κ3) is 8.84. The molecular weight excluding hydrogens is 304 g/mol. The summed E-state index contributed by atoms with van der Waals surface area (Å²) in [6.07, 6.45) is 0. The Bertz CT molecular complexity index is 394. The van der Waals surface area contributed by atoms with E-state index < -0.39 is 62.7 Å². The Kier molecular flexibility index (Phi) is 8.67. The number of nitrogens with zero attached hydrogens (tertiary/aromatic N) is 2. The van der Waals surface area contributed by atoms with Crippen molar-refractivity contribution in [1.82, 2.24) is 9.80 Å². The van der Waals surface area contributed by atoms with Gasteiger partial charge >= 0.3 is 23.9 Å². The summed E-state index contributed by atoms with van der Waals surface area (Å²) in [4.78, 5) is 44.7. The van der Waals surface area contributed by atoms with E-state index in [2.05, 4.69) is 0 Å². The molecule has 1 unspecified atom stereocenters. The number of hydrogen-bond acceptors (Lipinski definition) is 7. The first-order valence-corrected chi connectivity index (χ1v) is 6.10. The number of aliphatic carboxylic acids is 4. The normalized spacial score (nSPS) is 12.3. The molecule has 0 saturated heterocycles. The van der Waals surface area contributed by atoms with Crippen molar-refractivity contribution in [2.75, 3.05) is 39.3 Å². The van der Waals surface area contributed by atoms with Crippen LogP contribution in [0.25, 0.3) is 0 Å². The summed E-state index contributed by atoms with van der Waals surface area (Å²) in [5.41, 5.74) is 0. The van der Waals surface area contributed by atoms with Crippen LogP contribution in [0.15, 0.2) is 0 Å².